The van der Waals surface area contributed by atoms with Gasteiger partial charge < -0.3 is 54.1 Å². The Labute approximate surface area is 306 Å². The zero-order valence-corrected chi connectivity index (χ0v) is 31.6. The molecule has 0 bridgehead atoms. The zero-order valence-electron chi connectivity index (χ0n) is 30.7. The van der Waals surface area contributed by atoms with Gasteiger partial charge in [0.1, 0.15) is 11.3 Å². The van der Waals surface area contributed by atoms with Crippen molar-refractivity contribution in [3.63, 3.8) is 0 Å². The predicted molar refractivity (Wildman–Crippen MR) is 199 cm³/mol. The molecule has 4 heterocycles. The molecule has 3 aromatic heterocycles. The summed E-state index contributed by atoms with van der Waals surface area (Å²) >= 11 is 1.76. The Balaban J connectivity index is 0.999. The average molecular weight is 737 g/mol. The molecule has 288 valence electrons. The van der Waals surface area contributed by atoms with Gasteiger partial charge in [-0.15, -0.1) is 11.3 Å². The average Bonchev–Trinajstić information content (AvgIpc) is 3.69. The van der Waals surface area contributed by atoms with E-state index in [4.69, 9.17) is 49.6 Å². The van der Waals surface area contributed by atoms with Crippen molar-refractivity contribution >= 4 is 44.3 Å². The number of fused-ring (bicyclic) bond motifs is 3. The largest absolute Gasteiger partial charge is 0.382 e. The Morgan fingerprint density at radius 2 is 1.35 bits per heavy atom. The lowest BCUT2D eigenvalue weighted by atomic mass is 9.96. The molecule has 1 fully saturated rings. The Morgan fingerprint density at radius 3 is 1.88 bits per heavy atom. The molecule has 1 amide bonds. The van der Waals surface area contributed by atoms with Crippen LogP contribution in [-0.2, 0) is 50.9 Å². The van der Waals surface area contributed by atoms with Gasteiger partial charge >= 0.3 is 0 Å². The van der Waals surface area contributed by atoms with Crippen molar-refractivity contribution in [3.8, 4) is 0 Å². The molecule has 4 N–H and O–H groups in total. The fourth-order valence-electron chi connectivity index (χ4n) is 6.01. The molecule has 0 radical (unpaired) electrons. The molecule has 0 atom stereocenters. The molecule has 1 aliphatic rings. The van der Waals surface area contributed by atoms with Gasteiger partial charge in [-0.1, -0.05) is 13.3 Å². The van der Waals surface area contributed by atoms with E-state index in [1.165, 1.54) is 4.88 Å². The van der Waals surface area contributed by atoms with E-state index in [1.54, 1.807) is 11.3 Å². The van der Waals surface area contributed by atoms with Gasteiger partial charge in [-0.05, 0) is 38.2 Å². The number of nitrogens with zero attached hydrogens (tertiary/aromatic N) is 4. The second-order valence-electron chi connectivity index (χ2n) is 12.7. The first-order valence-corrected chi connectivity index (χ1v) is 19.4. The number of unbranched alkanes of at least 4 members (excludes halogenated alkanes) is 1. The standard InChI is InChI=1S/C36H60N6O8S/c1-3-4-5-31-40-33-34(35-30(39-36(33)38)26-28(2)51-35)42(31)27-29-6-10-41(11-7-29)32(43)8-12-44-14-16-46-18-20-48-22-24-50-25-23-49-21-19-47-17-15-45-13-9-37/h26,29H,3-25,27,37H2,1-2H3,(H2,38,39). The first-order valence-electron chi connectivity index (χ1n) is 18.6. The Hall–Kier alpha value is -2.47. The quantitative estimate of drug-likeness (QED) is 0.104. The van der Waals surface area contributed by atoms with Gasteiger partial charge in [-0.25, -0.2) is 9.97 Å². The van der Waals surface area contributed by atoms with E-state index in [0.717, 1.165) is 78.8 Å². The molecule has 0 aliphatic carbocycles. The number of nitrogen functional groups attached to an aromatic ring is 1. The fourth-order valence-corrected chi connectivity index (χ4v) is 7.02. The number of aryl methyl sites for hydroxylation is 2. The smallest absolute Gasteiger partial charge is 0.224 e. The van der Waals surface area contributed by atoms with E-state index < -0.39 is 0 Å². The number of carbonyl (C=O) groups excluding carboxylic acids is 1. The topological polar surface area (TPSA) is 168 Å². The first kappa shape index (κ1) is 41.3. The summed E-state index contributed by atoms with van der Waals surface area (Å²) in [6.07, 6.45) is 5.42. The van der Waals surface area contributed by atoms with Crippen molar-refractivity contribution in [2.75, 3.05) is 118 Å². The molecular formula is C36H60N6O8S. The summed E-state index contributed by atoms with van der Waals surface area (Å²) in [4.78, 5) is 25.7. The van der Waals surface area contributed by atoms with Gasteiger partial charge in [0.2, 0.25) is 5.91 Å². The third-order valence-corrected chi connectivity index (χ3v) is 9.74. The maximum absolute atomic E-state index is 12.9. The molecule has 0 unspecified atom stereocenters. The number of likely N-dealkylation sites (tertiary alicyclic amines) is 1. The minimum atomic E-state index is 0.150. The van der Waals surface area contributed by atoms with Gasteiger partial charge in [0.05, 0.1) is 115 Å². The summed E-state index contributed by atoms with van der Waals surface area (Å²) in [7, 11) is 0. The highest BCUT2D eigenvalue weighted by Crippen LogP contribution is 2.35. The van der Waals surface area contributed by atoms with Crippen LogP contribution >= 0.6 is 11.3 Å². The number of ether oxygens (including phenoxy) is 7. The van der Waals surface area contributed by atoms with Crippen LogP contribution in [0.5, 0.6) is 0 Å². The lowest BCUT2D eigenvalue weighted by molar-refractivity contribution is -0.133. The third-order valence-electron chi connectivity index (χ3n) is 8.70. The van der Waals surface area contributed by atoms with Crippen LogP contribution in [0.1, 0.15) is 49.7 Å². The fraction of sp³-hybridized carbons (Fsp3) is 0.750. The SMILES string of the molecule is CCCCc1nc2c(N)nc3cc(C)sc3c2n1CC1CCN(C(=O)CCOCCOCCOCCOCCOCCOCCOCCN)CC1. The normalized spacial score (nSPS) is 14.1. The highest BCUT2D eigenvalue weighted by Gasteiger charge is 2.26. The van der Waals surface area contributed by atoms with Crippen LogP contribution in [0.15, 0.2) is 6.07 Å². The number of pyridine rings is 1. The number of carbonyl (C=O) groups is 1. The summed E-state index contributed by atoms with van der Waals surface area (Å²) in [5.74, 6) is 2.22. The van der Waals surface area contributed by atoms with Crippen LogP contribution in [0.25, 0.3) is 21.3 Å². The minimum absolute atomic E-state index is 0.150. The Kier molecular flexibility index (Phi) is 19.4. The van der Waals surface area contributed by atoms with Crippen molar-refractivity contribution in [2.45, 2.75) is 58.9 Å². The van der Waals surface area contributed by atoms with Crippen molar-refractivity contribution in [2.24, 2.45) is 11.7 Å². The second-order valence-corrected chi connectivity index (χ2v) is 13.9. The second kappa shape index (κ2) is 24.0. The zero-order chi connectivity index (χ0) is 36.1. The maximum atomic E-state index is 12.9. The number of aromatic nitrogens is 3. The van der Waals surface area contributed by atoms with Gasteiger partial charge in [0.25, 0.3) is 0 Å². The number of imidazole rings is 1. The summed E-state index contributed by atoms with van der Waals surface area (Å²) < 4.78 is 41.9. The molecule has 0 saturated carbocycles. The minimum Gasteiger partial charge on any atom is -0.382 e. The molecule has 3 aromatic rings. The molecule has 51 heavy (non-hydrogen) atoms. The van der Waals surface area contributed by atoms with E-state index in [1.807, 2.05) is 4.90 Å². The molecule has 15 heteroatoms. The van der Waals surface area contributed by atoms with Gasteiger partial charge in [0.15, 0.2) is 5.82 Å². The van der Waals surface area contributed by atoms with Crippen LogP contribution in [0.4, 0.5) is 5.82 Å². The highest BCUT2D eigenvalue weighted by molar-refractivity contribution is 7.19. The van der Waals surface area contributed by atoms with Crippen LogP contribution in [0, 0.1) is 12.8 Å². The van der Waals surface area contributed by atoms with Crippen molar-refractivity contribution in [1.29, 1.82) is 0 Å². The van der Waals surface area contributed by atoms with Crippen LogP contribution < -0.4 is 11.5 Å². The van der Waals surface area contributed by atoms with E-state index in [-0.39, 0.29) is 5.91 Å². The van der Waals surface area contributed by atoms with E-state index in [9.17, 15) is 4.79 Å². The van der Waals surface area contributed by atoms with Crippen LogP contribution in [0.3, 0.4) is 0 Å². The Morgan fingerprint density at radius 1 is 0.824 bits per heavy atom. The lowest BCUT2D eigenvalue weighted by Crippen LogP contribution is -2.39. The van der Waals surface area contributed by atoms with Crippen LogP contribution in [-0.4, -0.2) is 137 Å². The van der Waals surface area contributed by atoms with E-state index in [0.29, 0.717) is 117 Å². The number of anilines is 1. The molecule has 14 nitrogen and oxygen atoms in total. The van der Waals surface area contributed by atoms with Crippen molar-refractivity contribution in [3.05, 3.63) is 16.8 Å². The summed E-state index contributed by atoms with van der Waals surface area (Å²) in [5, 5.41) is 0. The first-order chi connectivity index (χ1) is 25.0. The molecule has 0 aromatic carbocycles. The number of piperidine rings is 1. The van der Waals surface area contributed by atoms with Crippen molar-refractivity contribution < 1.29 is 38.0 Å². The maximum Gasteiger partial charge on any atom is 0.224 e. The molecule has 0 spiro atoms. The number of hydrogen-bond acceptors (Lipinski definition) is 13. The molecule has 1 aliphatic heterocycles. The highest BCUT2D eigenvalue weighted by atomic mass is 32.1. The van der Waals surface area contributed by atoms with Gasteiger partial charge in [0, 0.05) is 37.5 Å². The van der Waals surface area contributed by atoms with E-state index >= 15 is 0 Å². The summed E-state index contributed by atoms with van der Waals surface area (Å²) in [6, 6.07) is 2.11. The number of hydrogen-bond donors (Lipinski definition) is 2. The van der Waals surface area contributed by atoms with Gasteiger partial charge in [-0.2, -0.15) is 0 Å². The van der Waals surface area contributed by atoms with Gasteiger partial charge in [-0.3, -0.25) is 4.79 Å². The number of nitrogens with two attached hydrogens (primary N) is 2. The predicted octanol–water partition coefficient (Wildman–Crippen LogP) is 3.58. The molecule has 1 saturated heterocycles. The van der Waals surface area contributed by atoms with E-state index in [2.05, 4.69) is 29.5 Å². The number of rotatable bonds is 28. The molecular weight excluding hydrogens is 676 g/mol. The Bertz CT molecular complexity index is 1410. The summed E-state index contributed by atoms with van der Waals surface area (Å²) in [6.45, 7) is 14.2. The van der Waals surface area contributed by atoms with Crippen LogP contribution in [0.2, 0.25) is 0 Å². The number of amides is 1. The lowest BCUT2D eigenvalue weighted by Gasteiger charge is -2.32. The summed E-state index contributed by atoms with van der Waals surface area (Å²) in [5.41, 5.74) is 14.6. The molecule has 4 rings (SSSR count). The number of thiophene rings is 1. The third kappa shape index (κ3) is 14.1. The monoisotopic (exact) mass is 736 g/mol. The van der Waals surface area contributed by atoms with Crippen molar-refractivity contribution in [1.82, 2.24) is 19.4 Å².